The molecule has 25 heavy (non-hydrogen) atoms. The molecule has 0 unspecified atom stereocenters. The maximum Gasteiger partial charge on any atom is 0.262 e. The number of aromatic nitrogens is 3. The van der Waals surface area contributed by atoms with Gasteiger partial charge < -0.3 is 4.42 Å². The van der Waals surface area contributed by atoms with Crippen molar-refractivity contribution in [2.45, 2.75) is 20.4 Å². The number of thiophene rings is 1. The van der Waals surface area contributed by atoms with Crippen molar-refractivity contribution in [2.75, 3.05) is 0 Å². The summed E-state index contributed by atoms with van der Waals surface area (Å²) in [6.45, 7) is 4.18. The first-order valence-electron chi connectivity index (χ1n) is 7.68. The molecule has 7 heteroatoms. The average molecular weight is 355 g/mol. The van der Waals surface area contributed by atoms with Crippen LogP contribution in [0.4, 0.5) is 4.39 Å². The highest BCUT2D eigenvalue weighted by molar-refractivity contribution is 7.18. The molecule has 4 rings (SSSR count). The fraction of sp³-hybridized carbons (Fsp3) is 0.167. The van der Waals surface area contributed by atoms with Crippen molar-refractivity contribution in [3.63, 3.8) is 0 Å². The van der Waals surface area contributed by atoms with Crippen LogP contribution >= 0.6 is 11.3 Å². The third-order valence-electron chi connectivity index (χ3n) is 4.13. The van der Waals surface area contributed by atoms with Crippen molar-refractivity contribution >= 4 is 21.6 Å². The Balaban J connectivity index is 1.68. The molecule has 0 radical (unpaired) electrons. The maximum absolute atomic E-state index is 13.0. The van der Waals surface area contributed by atoms with Gasteiger partial charge in [-0.25, -0.2) is 14.4 Å². The van der Waals surface area contributed by atoms with Gasteiger partial charge >= 0.3 is 0 Å². The summed E-state index contributed by atoms with van der Waals surface area (Å²) in [7, 11) is 0. The lowest BCUT2D eigenvalue weighted by Crippen LogP contribution is -2.21. The molecule has 0 aliphatic heterocycles. The molecule has 0 spiro atoms. The minimum Gasteiger partial charge on any atom is -0.444 e. The first-order valence-corrected chi connectivity index (χ1v) is 8.50. The number of nitrogens with zero attached hydrogens (tertiary/aromatic N) is 3. The van der Waals surface area contributed by atoms with Crippen LogP contribution in [0.1, 0.15) is 16.1 Å². The van der Waals surface area contributed by atoms with Crippen LogP contribution in [0.3, 0.4) is 0 Å². The minimum atomic E-state index is -0.317. The van der Waals surface area contributed by atoms with Crippen molar-refractivity contribution in [3.05, 3.63) is 69.2 Å². The lowest BCUT2D eigenvalue weighted by Gasteiger charge is -2.02. The Bertz CT molecular complexity index is 1130. The van der Waals surface area contributed by atoms with E-state index in [0.717, 1.165) is 15.3 Å². The Labute approximate surface area is 146 Å². The Morgan fingerprint density at radius 1 is 1.24 bits per heavy atom. The van der Waals surface area contributed by atoms with Gasteiger partial charge in [-0.1, -0.05) is 0 Å². The minimum absolute atomic E-state index is 0.0850. The second-order valence-electron chi connectivity index (χ2n) is 5.79. The lowest BCUT2D eigenvalue weighted by molar-refractivity contribution is 0.570. The smallest absolute Gasteiger partial charge is 0.262 e. The molecule has 126 valence electrons. The molecule has 3 heterocycles. The lowest BCUT2D eigenvalue weighted by atomic mass is 10.2. The predicted molar refractivity (Wildman–Crippen MR) is 94.4 cm³/mol. The molecular weight excluding hydrogens is 341 g/mol. The van der Waals surface area contributed by atoms with E-state index in [1.165, 1.54) is 40.6 Å². The maximum atomic E-state index is 13.0. The Morgan fingerprint density at radius 3 is 2.76 bits per heavy atom. The topological polar surface area (TPSA) is 60.9 Å². The highest BCUT2D eigenvalue weighted by Crippen LogP contribution is 2.25. The molecule has 0 bridgehead atoms. The average Bonchev–Trinajstić information content (AvgIpc) is 3.17. The summed E-state index contributed by atoms with van der Waals surface area (Å²) in [5, 5.41) is 0.659. The van der Waals surface area contributed by atoms with Crippen molar-refractivity contribution in [3.8, 4) is 11.5 Å². The van der Waals surface area contributed by atoms with E-state index in [-0.39, 0.29) is 17.9 Å². The van der Waals surface area contributed by atoms with Crippen LogP contribution in [0.2, 0.25) is 0 Å². The van der Waals surface area contributed by atoms with Crippen molar-refractivity contribution < 1.29 is 8.81 Å². The fourth-order valence-electron chi connectivity index (χ4n) is 2.66. The summed E-state index contributed by atoms with van der Waals surface area (Å²) >= 11 is 1.52. The van der Waals surface area contributed by atoms with Crippen LogP contribution in [0.5, 0.6) is 0 Å². The molecule has 0 saturated carbocycles. The van der Waals surface area contributed by atoms with Gasteiger partial charge in [-0.3, -0.25) is 9.36 Å². The third kappa shape index (κ3) is 2.76. The number of benzene rings is 1. The molecule has 0 aliphatic carbocycles. The zero-order valence-electron chi connectivity index (χ0n) is 13.6. The van der Waals surface area contributed by atoms with Gasteiger partial charge in [-0.2, -0.15) is 0 Å². The Hall–Kier alpha value is -2.80. The number of oxazole rings is 1. The largest absolute Gasteiger partial charge is 0.444 e. The molecule has 5 nitrogen and oxygen atoms in total. The summed E-state index contributed by atoms with van der Waals surface area (Å²) in [5.41, 5.74) is 2.17. The molecule has 0 saturated heterocycles. The van der Waals surface area contributed by atoms with E-state index in [9.17, 15) is 9.18 Å². The SMILES string of the molecule is Cc1sc2ncn(Cc3coc(-c4ccc(F)cc4)n3)c(=O)c2c1C. The predicted octanol–water partition coefficient (Wildman–Crippen LogP) is 3.92. The highest BCUT2D eigenvalue weighted by atomic mass is 32.1. The van der Waals surface area contributed by atoms with Crippen LogP contribution in [0.25, 0.3) is 21.7 Å². The van der Waals surface area contributed by atoms with Crippen molar-refractivity contribution in [1.82, 2.24) is 14.5 Å². The molecule has 1 aromatic carbocycles. The van der Waals surface area contributed by atoms with E-state index in [1.54, 1.807) is 12.1 Å². The number of halogens is 1. The molecule has 4 aromatic rings. The third-order valence-corrected chi connectivity index (χ3v) is 5.25. The molecule has 0 N–H and O–H groups in total. The van der Waals surface area contributed by atoms with Gasteiger partial charge in [0, 0.05) is 10.4 Å². The van der Waals surface area contributed by atoms with Gasteiger partial charge in [0.25, 0.3) is 5.56 Å². The van der Waals surface area contributed by atoms with E-state index < -0.39 is 0 Å². The first-order chi connectivity index (χ1) is 12.0. The van der Waals surface area contributed by atoms with Gasteiger partial charge in [0.1, 0.15) is 16.9 Å². The van der Waals surface area contributed by atoms with Gasteiger partial charge in [0.2, 0.25) is 5.89 Å². The number of aryl methyl sites for hydroxylation is 2. The number of fused-ring (bicyclic) bond motifs is 1. The Morgan fingerprint density at radius 2 is 2.00 bits per heavy atom. The fourth-order valence-corrected chi connectivity index (χ4v) is 3.65. The van der Waals surface area contributed by atoms with E-state index in [4.69, 9.17) is 4.42 Å². The summed E-state index contributed by atoms with van der Waals surface area (Å²) in [4.78, 5) is 23.3. The van der Waals surface area contributed by atoms with E-state index in [1.807, 2.05) is 13.8 Å². The summed E-state index contributed by atoms with van der Waals surface area (Å²) < 4.78 is 20.0. The van der Waals surface area contributed by atoms with Crippen LogP contribution in [0, 0.1) is 19.7 Å². The Kier molecular flexibility index (Phi) is 3.73. The second-order valence-corrected chi connectivity index (χ2v) is 7.00. The number of hydrogen-bond donors (Lipinski definition) is 0. The van der Waals surface area contributed by atoms with Gasteiger partial charge in [0.05, 0.1) is 24.0 Å². The van der Waals surface area contributed by atoms with Crippen molar-refractivity contribution in [1.29, 1.82) is 0 Å². The van der Waals surface area contributed by atoms with Crippen LogP contribution < -0.4 is 5.56 Å². The molecule has 0 atom stereocenters. The van der Waals surface area contributed by atoms with Gasteiger partial charge in [-0.05, 0) is 43.7 Å². The van der Waals surface area contributed by atoms with Crippen molar-refractivity contribution in [2.24, 2.45) is 0 Å². The second kappa shape index (κ2) is 5.93. The van der Waals surface area contributed by atoms with Crippen LogP contribution in [0.15, 0.2) is 46.1 Å². The molecule has 0 fully saturated rings. The summed E-state index contributed by atoms with van der Waals surface area (Å²) in [5.74, 6) is 0.0718. The van der Waals surface area contributed by atoms with E-state index in [2.05, 4.69) is 9.97 Å². The zero-order chi connectivity index (χ0) is 17.6. The monoisotopic (exact) mass is 355 g/mol. The normalized spacial score (nSPS) is 11.3. The summed E-state index contributed by atoms with van der Waals surface area (Å²) in [6.07, 6.45) is 3.04. The van der Waals surface area contributed by atoms with Gasteiger partial charge in [0.15, 0.2) is 0 Å². The zero-order valence-corrected chi connectivity index (χ0v) is 14.4. The number of rotatable bonds is 3. The van der Waals surface area contributed by atoms with Crippen LogP contribution in [-0.4, -0.2) is 14.5 Å². The molecule has 0 amide bonds. The standard InChI is InChI=1S/C18H14FN3O2S/c1-10-11(2)25-17-15(10)18(23)22(9-20-17)7-14-8-24-16(21-14)12-3-5-13(19)6-4-12/h3-6,8-9H,7H2,1-2H3. The number of hydrogen-bond acceptors (Lipinski definition) is 5. The van der Waals surface area contributed by atoms with Gasteiger partial charge in [-0.15, -0.1) is 11.3 Å². The van der Waals surface area contributed by atoms with E-state index in [0.29, 0.717) is 22.5 Å². The molecule has 3 aromatic heterocycles. The molecule has 0 aliphatic rings. The quantitative estimate of drug-likeness (QED) is 0.559. The molecular formula is C18H14FN3O2S. The highest BCUT2D eigenvalue weighted by Gasteiger charge is 2.14. The first kappa shape index (κ1) is 15.7. The summed E-state index contributed by atoms with van der Waals surface area (Å²) in [6, 6.07) is 5.90. The van der Waals surface area contributed by atoms with Crippen LogP contribution in [-0.2, 0) is 6.54 Å². The van der Waals surface area contributed by atoms with E-state index >= 15 is 0 Å².